The summed E-state index contributed by atoms with van der Waals surface area (Å²) >= 11 is 1.74. The van der Waals surface area contributed by atoms with Crippen LogP contribution in [-0.4, -0.2) is 33.2 Å². The third-order valence-corrected chi connectivity index (χ3v) is 6.16. The van der Waals surface area contributed by atoms with E-state index in [4.69, 9.17) is 6.42 Å². The minimum atomic E-state index is -3.65. The Balaban J connectivity index is 1.77. The van der Waals surface area contributed by atoms with Crippen LogP contribution in [0.4, 0.5) is 0 Å². The highest BCUT2D eigenvalue weighted by molar-refractivity contribution is 7.98. The lowest BCUT2D eigenvalue weighted by Gasteiger charge is -2.07. The number of sulfonamides is 1. The van der Waals surface area contributed by atoms with Gasteiger partial charge >= 0.3 is 0 Å². The van der Waals surface area contributed by atoms with Gasteiger partial charge in [0.2, 0.25) is 10.0 Å². The van der Waals surface area contributed by atoms with E-state index in [1.165, 1.54) is 35.4 Å². The molecule has 0 aliphatic heterocycles. The van der Waals surface area contributed by atoms with Crippen molar-refractivity contribution < 1.29 is 13.2 Å². The van der Waals surface area contributed by atoms with Gasteiger partial charge in [-0.2, -0.15) is 16.5 Å². The number of hydrogen-bond donors (Lipinski definition) is 2. The third-order valence-electron chi connectivity index (χ3n) is 3.71. The molecule has 2 aromatic rings. The molecule has 0 aliphatic rings. The number of nitrogens with one attached hydrogen (secondary N) is 2. The zero-order chi connectivity index (χ0) is 19.7. The zero-order valence-corrected chi connectivity index (χ0v) is 16.7. The lowest BCUT2D eigenvalue weighted by atomic mass is 10.2. The maximum atomic E-state index is 12.1. The molecule has 5 nitrogen and oxygen atoms in total. The Morgan fingerprint density at radius 2 is 1.78 bits per heavy atom. The van der Waals surface area contributed by atoms with E-state index in [0.29, 0.717) is 12.1 Å². The van der Waals surface area contributed by atoms with Crippen molar-refractivity contribution in [2.45, 2.75) is 17.6 Å². The number of thioether (sulfide) groups is 1. The molecule has 0 unspecified atom stereocenters. The van der Waals surface area contributed by atoms with E-state index in [-0.39, 0.29) is 17.3 Å². The van der Waals surface area contributed by atoms with Crippen LogP contribution in [0.3, 0.4) is 0 Å². The van der Waals surface area contributed by atoms with Gasteiger partial charge in [-0.05, 0) is 36.8 Å². The molecule has 27 heavy (non-hydrogen) atoms. The molecule has 0 aliphatic carbocycles. The van der Waals surface area contributed by atoms with Crippen molar-refractivity contribution >= 4 is 27.7 Å². The zero-order valence-electron chi connectivity index (χ0n) is 15.1. The Hall–Kier alpha value is -2.27. The number of carbonyl (C=O) groups is 1. The quantitative estimate of drug-likeness (QED) is 0.499. The molecular formula is C20H22N2O3S2. The van der Waals surface area contributed by atoms with Gasteiger partial charge in [0.15, 0.2) is 0 Å². The van der Waals surface area contributed by atoms with Crippen molar-refractivity contribution in [1.29, 1.82) is 0 Å². The largest absolute Gasteiger partial charge is 0.351 e. The molecule has 0 radical (unpaired) electrons. The number of amides is 1. The standard InChI is InChI=1S/C20H22N2O3S2/c1-3-12-22-27(24,25)19-10-8-18(9-11-19)20(23)21-13-14-26-15-17-6-4-16(2)5-7-17/h1,4-11,22H,12-15H2,2H3,(H,21,23). The highest BCUT2D eigenvalue weighted by atomic mass is 32.2. The van der Waals surface area contributed by atoms with Crippen molar-refractivity contribution in [1.82, 2.24) is 10.0 Å². The molecule has 2 N–H and O–H groups in total. The first-order valence-electron chi connectivity index (χ1n) is 8.37. The molecule has 2 aromatic carbocycles. The van der Waals surface area contributed by atoms with Gasteiger partial charge in [-0.25, -0.2) is 8.42 Å². The van der Waals surface area contributed by atoms with E-state index >= 15 is 0 Å². The van der Waals surface area contributed by atoms with Gasteiger partial charge in [0.25, 0.3) is 5.91 Å². The molecule has 0 aromatic heterocycles. The molecule has 0 spiro atoms. The lowest BCUT2D eigenvalue weighted by molar-refractivity contribution is 0.0956. The Morgan fingerprint density at radius 1 is 1.11 bits per heavy atom. The van der Waals surface area contributed by atoms with E-state index in [0.717, 1.165) is 11.5 Å². The van der Waals surface area contributed by atoms with Crippen LogP contribution in [-0.2, 0) is 15.8 Å². The van der Waals surface area contributed by atoms with Gasteiger partial charge in [0, 0.05) is 23.6 Å². The number of hydrogen-bond acceptors (Lipinski definition) is 4. The van der Waals surface area contributed by atoms with Crippen LogP contribution >= 0.6 is 11.8 Å². The summed E-state index contributed by atoms with van der Waals surface area (Å²) in [5.74, 6) is 3.67. The van der Waals surface area contributed by atoms with Gasteiger partial charge < -0.3 is 5.32 Å². The average molecular weight is 403 g/mol. The Labute approximate surface area is 165 Å². The van der Waals surface area contributed by atoms with Crippen molar-refractivity contribution in [3.8, 4) is 12.3 Å². The fraction of sp³-hybridized carbons (Fsp3) is 0.250. The van der Waals surface area contributed by atoms with Gasteiger partial charge in [0.1, 0.15) is 0 Å². The van der Waals surface area contributed by atoms with Crippen LogP contribution in [0.1, 0.15) is 21.5 Å². The number of benzene rings is 2. The van der Waals surface area contributed by atoms with Crippen molar-refractivity contribution in [3.63, 3.8) is 0 Å². The minimum Gasteiger partial charge on any atom is -0.351 e. The first-order valence-corrected chi connectivity index (χ1v) is 11.0. The Bertz CT molecular complexity index is 900. The second-order valence-electron chi connectivity index (χ2n) is 5.85. The molecule has 0 fully saturated rings. The van der Waals surface area contributed by atoms with E-state index in [1.54, 1.807) is 11.8 Å². The number of carbonyl (C=O) groups excluding carboxylic acids is 1. The first-order chi connectivity index (χ1) is 12.9. The lowest BCUT2D eigenvalue weighted by Crippen LogP contribution is -2.26. The summed E-state index contributed by atoms with van der Waals surface area (Å²) in [5, 5.41) is 2.84. The number of rotatable bonds is 9. The van der Waals surface area contributed by atoms with Crippen molar-refractivity contribution in [3.05, 3.63) is 65.2 Å². The van der Waals surface area contributed by atoms with Crippen LogP contribution in [0.15, 0.2) is 53.4 Å². The summed E-state index contributed by atoms with van der Waals surface area (Å²) in [7, 11) is -3.65. The molecule has 0 bridgehead atoms. The van der Waals surface area contributed by atoms with Crippen LogP contribution in [0, 0.1) is 19.3 Å². The number of aryl methyl sites for hydroxylation is 1. The Morgan fingerprint density at radius 3 is 2.41 bits per heavy atom. The predicted molar refractivity (Wildman–Crippen MR) is 110 cm³/mol. The fourth-order valence-electron chi connectivity index (χ4n) is 2.22. The highest BCUT2D eigenvalue weighted by Gasteiger charge is 2.13. The minimum absolute atomic E-state index is 0.0722. The maximum Gasteiger partial charge on any atom is 0.251 e. The van der Waals surface area contributed by atoms with E-state index < -0.39 is 10.0 Å². The highest BCUT2D eigenvalue weighted by Crippen LogP contribution is 2.13. The molecule has 0 atom stereocenters. The summed E-state index contributed by atoms with van der Waals surface area (Å²) in [4.78, 5) is 12.2. The first kappa shape index (κ1) is 21.0. The van der Waals surface area contributed by atoms with E-state index in [9.17, 15) is 13.2 Å². The number of terminal acetylenes is 1. The second-order valence-corrected chi connectivity index (χ2v) is 8.72. The molecule has 0 heterocycles. The molecule has 142 valence electrons. The summed E-state index contributed by atoms with van der Waals surface area (Å²) in [6.07, 6.45) is 5.05. The van der Waals surface area contributed by atoms with Crippen LogP contribution < -0.4 is 10.0 Å². The van der Waals surface area contributed by atoms with Gasteiger partial charge in [-0.15, -0.1) is 6.42 Å². The fourth-order valence-corrected chi connectivity index (χ4v) is 3.97. The van der Waals surface area contributed by atoms with Crippen LogP contribution in [0.25, 0.3) is 0 Å². The van der Waals surface area contributed by atoms with Crippen LogP contribution in [0.2, 0.25) is 0 Å². The van der Waals surface area contributed by atoms with Crippen molar-refractivity contribution in [2.75, 3.05) is 18.8 Å². The normalized spacial score (nSPS) is 11.0. The summed E-state index contributed by atoms with van der Waals surface area (Å²) < 4.78 is 26.2. The SMILES string of the molecule is C#CCNS(=O)(=O)c1ccc(C(=O)NCCSCc2ccc(C)cc2)cc1. The van der Waals surface area contributed by atoms with Crippen molar-refractivity contribution in [2.24, 2.45) is 0 Å². The van der Waals surface area contributed by atoms with E-state index in [2.05, 4.69) is 47.1 Å². The van der Waals surface area contributed by atoms with Crippen LogP contribution in [0.5, 0.6) is 0 Å². The van der Waals surface area contributed by atoms with E-state index in [1.807, 2.05) is 0 Å². The second kappa shape index (κ2) is 10.2. The smallest absolute Gasteiger partial charge is 0.251 e. The molecule has 0 saturated heterocycles. The molecule has 7 heteroatoms. The monoisotopic (exact) mass is 402 g/mol. The Kier molecular flexibility index (Phi) is 7.92. The average Bonchev–Trinajstić information content (AvgIpc) is 2.67. The third kappa shape index (κ3) is 6.75. The maximum absolute atomic E-state index is 12.1. The summed E-state index contributed by atoms with van der Waals surface area (Å²) in [6, 6.07) is 14.1. The summed E-state index contributed by atoms with van der Waals surface area (Å²) in [6.45, 7) is 2.52. The summed E-state index contributed by atoms with van der Waals surface area (Å²) in [5.41, 5.74) is 2.91. The molecule has 1 amide bonds. The molecule has 0 saturated carbocycles. The predicted octanol–water partition coefficient (Wildman–Crippen LogP) is 2.57. The molecular weight excluding hydrogens is 380 g/mol. The van der Waals surface area contributed by atoms with Gasteiger partial charge in [0.05, 0.1) is 11.4 Å². The van der Waals surface area contributed by atoms with Gasteiger partial charge in [-0.1, -0.05) is 35.7 Å². The molecule has 2 rings (SSSR count). The topological polar surface area (TPSA) is 75.3 Å². The van der Waals surface area contributed by atoms with Gasteiger partial charge in [-0.3, -0.25) is 4.79 Å².